The molecule has 0 spiro atoms. The SMILES string of the molecule is Cc1ccc2c(COc3ccc([N+](=O)[O-])cc3C(F)(F)F)cc(=O)oc2c1. The number of nitrogens with zero attached hydrogens (tertiary/aromatic N) is 1. The lowest BCUT2D eigenvalue weighted by atomic mass is 10.1. The van der Waals surface area contributed by atoms with Crippen molar-refractivity contribution in [1.82, 2.24) is 0 Å². The van der Waals surface area contributed by atoms with E-state index in [1.807, 2.05) is 0 Å². The number of halogens is 3. The Morgan fingerprint density at radius 1 is 1.15 bits per heavy atom. The van der Waals surface area contributed by atoms with Crippen molar-refractivity contribution in [1.29, 1.82) is 0 Å². The highest BCUT2D eigenvalue weighted by atomic mass is 19.4. The van der Waals surface area contributed by atoms with Crippen molar-refractivity contribution in [2.75, 3.05) is 0 Å². The number of rotatable bonds is 4. The highest BCUT2D eigenvalue weighted by Gasteiger charge is 2.36. The molecule has 0 saturated heterocycles. The van der Waals surface area contributed by atoms with E-state index in [0.717, 1.165) is 23.8 Å². The molecule has 2 aromatic carbocycles. The van der Waals surface area contributed by atoms with Gasteiger partial charge in [-0.2, -0.15) is 13.2 Å². The molecule has 1 aromatic heterocycles. The fourth-order valence-corrected chi connectivity index (χ4v) is 2.59. The summed E-state index contributed by atoms with van der Waals surface area (Å²) in [4.78, 5) is 21.5. The molecule has 1 heterocycles. The summed E-state index contributed by atoms with van der Waals surface area (Å²) in [6.45, 7) is 1.46. The van der Waals surface area contributed by atoms with E-state index in [0.29, 0.717) is 22.6 Å². The topological polar surface area (TPSA) is 82.6 Å². The van der Waals surface area contributed by atoms with Gasteiger partial charge in [0.15, 0.2) is 0 Å². The molecule has 0 bridgehead atoms. The molecule has 0 N–H and O–H groups in total. The van der Waals surface area contributed by atoms with Crippen LogP contribution in [0.5, 0.6) is 5.75 Å². The summed E-state index contributed by atoms with van der Waals surface area (Å²) in [6.07, 6.45) is -4.84. The predicted octanol–water partition coefficient (Wildman–Crippen LogP) is 4.61. The number of benzene rings is 2. The second-order valence-electron chi connectivity index (χ2n) is 5.81. The second-order valence-corrected chi connectivity index (χ2v) is 5.81. The van der Waals surface area contributed by atoms with Gasteiger partial charge in [-0.1, -0.05) is 12.1 Å². The smallest absolute Gasteiger partial charge is 0.420 e. The Morgan fingerprint density at radius 2 is 1.89 bits per heavy atom. The number of nitro benzene ring substituents is 1. The zero-order valence-corrected chi connectivity index (χ0v) is 13.9. The zero-order chi connectivity index (χ0) is 19.8. The molecule has 0 aliphatic rings. The summed E-state index contributed by atoms with van der Waals surface area (Å²) in [5, 5.41) is 11.3. The molecule has 3 rings (SSSR count). The number of non-ortho nitro benzene ring substituents is 1. The van der Waals surface area contributed by atoms with Crippen molar-refractivity contribution in [3.05, 3.63) is 79.7 Å². The number of alkyl halides is 3. The minimum absolute atomic E-state index is 0.292. The van der Waals surface area contributed by atoms with Crippen LogP contribution in [-0.2, 0) is 12.8 Å². The van der Waals surface area contributed by atoms with Gasteiger partial charge in [0.25, 0.3) is 5.69 Å². The minimum atomic E-state index is -4.84. The molecule has 27 heavy (non-hydrogen) atoms. The lowest BCUT2D eigenvalue weighted by Gasteiger charge is -2.14. The van der Waals surface area contributed by atoms with Crippen LogP contribution in [0.1, 0.15) is 16.7 Å². The first-order valence-electron chi connectivity index (χ1n) is 7.67. The van der Waals surface area contributed by atoms with E-state index in [-0.39, 0.29) is 6.61 Å². The van der Waals surface area contributed by atoms with Crippen molar-refractivity contribution >= 4 is 16.7 Å². The highest BCUT2D eigenvalue weighted by Crippen LogP contribution is 2.38. The van der Waals surface area contributed by atoms with Gasteiger partial charge in [-0.15, -0.1) is 0 Å². The van der Waals surface area contributed by atoms with Crippen molar-refractivity contribution in [3.63, 3.8) is 0 Å². The first kappa shape index (κ1) is 18.4. The molecule has 0 amide bonds. The summed E-state index contributed by atoms with van der Waals surface area (Å²) in [5.74, 6) is -0.568. The van der Waals surface area contributed by atoms with Crippen molar-refractivity contribution in [2.45, 2.75) is 19.7 Å². The third kappa shape index (κ3) is 3.91. The normalized spacial score (nSPS) is 11.6. The van der Waals surface area contributed by atoms with Crippen LogP contribution in [0.4, 0.5) is 18.9 Å². The van der Waals surface area contributed by atoms with Crippen LogP contribution in [0, 0.1) is 17.0 Å². The van der Waals surface area contributed by atoms with Crippen LogP contribution in [0.2, 0.25) is 0 Å². The molecule has 6 nitrogen and oxygen atoms in total. The Kier molecular flexibility index (Phi) is 4.61. The van der Waals surface area contributed by atoms with Gasteiger partial charge in [0, 0.05) is 29.1 Å². The lowest BCUT2D eigenvalue weighted by molar-refractivity contribution is -0.385. The van der Waals surface area contributed by atoms with E-state index in [9.17, 15) is 28.1 Å². The molecule has 0 saturated carbocycles. The molecular weight excluding hydrogens is 367 g/mol. The van der Waals surface area contributed by atoms with Gasteiger partial charge in [0.1, 0.15) is 23.5 Å². The zero-order valence-electron chi connectivity index (χ0n) is 13.9. The van der Waals surface area contributed by atoms with Crippen molar-refractivity contribution in [2.24, 2.45) is 0 Å². The number of aryl methyl sites for hydroxylation is 1. The monoisotopic (exact) mass is 379 g/mol. The fourth-order valence-electron chi connectivity index (χ4n) is 2.59. The summed E-state index contributed by atoms with van der Waals surface area (Å²) >= 11 is 0. The van der Waals surface area contributed by atoms with E-state index in [4.69, 9.17) is 9.15 Å². The van der Waals surface area contributed by atoms with Crippen LogP contribution in [0.15, 0.2) is 51.7 Å². The van der Waals surface area contributed by atoms with Crippen LogP contribution in [0.3, 0.4) is 0 Å². The maximum absolute atomic E-state index is 13.2. The molecule has 140 valence electrons. The van der Waals surface area contributed by atoms with E-state index >= 15 is 0 Å². The Bertz CT molecular complexity index is 1090. The largest absolute Gasteiger partial charge is 0.488 e. The molecule has 0 unspecified atom stereocenters. The van der Waals surface area contributed by atoms with Crippen molar-refractivity contribution < 1.29 is 27.2 Å². The molecule has 0 atom stereocenters. The van der Waals surface area contributed by atoms with Crippen LogP contribution in [-0.4, -0.2) is 4.92 Å². The lowest BCUT2D eigenvalue weighted by Crippen LogP contribution is -2.10. The van der Waals surface area contributed by atoms with Crippen LogP contribution < -0.4 is 10.4 Å². The summed E-state index contributed by atoms with van der Waals surface area (Å²) < 4.78 is 50.0. The van der Waals surface area contributed by atoms with E-state index in [1.54, 1.807) is 25.1 Å². The number of hydrogen-bond donors (Lipinski definition) is 0. The second kappa shape index (κ2) is 6.75. The maximum atomic E-state index is 13.2. The average molecular weight is 379 g/mol. The first-order valence-corrected chi connectivity index (χ1v) is 7.67. The van der Waals surface area contributed by atoms with Gasteiger partial charge in [0.05, 0.1) is 4.92 Å². The predicted molar refractivity (Wildman–Crippen MR) is 89.7 cm³/mol. The van der Waals surface area contributed by atoms with E-state index in [2.05, 4.69) is 0 Å². The molecule has 0 radical (unpaired) electrons. The van der Waals surface area contributed by atoms with Crippen LogP contribution >= 0.6 is 0 Å². The fraction of sp³-hybridized carbons (Fsp3) is 0.167. The third-order valence-electron chi connectivity index (χ3n) is 3.85. The molecule has 3 aromatic rings. The van der Waals surface area contributed by atoms with Gasteiger partial charge < -0.3 is 9.15 Å². The Hall–Kier alpha value is -3.36. The summed E-state index contributed by atoms with van der Waals surface area (Å²) in [6, 6.07) is 8.43. The van der Waals surface area contributed by atoms with Crippen molar-refractivity contribution in [3.8, 4) is 5.75 Å². The Balaban J connectivity index is 1.99. The summed E-state index contributed by atoms with van der Waals surface area (Å²) in [5.41, 5.74) is -1.14. The third-order valence-corrected chi connectivity index (χ3v) is 3.85. The van der Waals surface area contributed by atoms with E-state index < -0.39 is 33.7 Å². The molecule has 9 heteroatoms. The summed E-state index contributed by atoms with van der Waals surface area (Å²) in [7, 11) is 0. The van der Waals surface area contributed by atoms with Gasteiger partial charge in [-0.05, 0) is 24.6 Å². The van der Waals surface area contributed by atoms with Gasteiger partial charge in [-0.25, -0.2) is 4.79 Å². The Morgan fingerprint density at radius 3 is 2.56 bits per heavy atom. The number of nitro groups is 1. The molecule has 0 fully saturated rings. The van der Waals surface area contributed by atoms with Gasteiger partial charge in [0.2, 0.25) is 0 Å². The highest BCUT2D eigenvalue weighted by molar-refractivity contribution is 5.80. The first-order chi connectivity index (χ1) is 12.6. The van der Waals surface area contributed by atoms with E-state index in [1.165, 1.54) is 0 Å². The number of ether oxygens (including phenoxy) is 1. The maximum Gasteiger partial charge on any atom is 0.420 e. The molecule has 0 aliphatic heterocycles. The standard InChI is InChI=1S/C18H12F3NO5/c1-10-2-4-13-11(7-17(23)27-16(13)6-10)9-26-15-5-3-12(22(24)25)8-14(15)18(19,20)21/h2-8H,9H2,1H3. The van der Waals surface area contributed by atoms with Crippen LogP contribution in [0.25, 0.3) is 11.0 Å². The van der Waals surface area contributed by atoms with Gasteiger partial charge >= 0.3 is 11.8 Å². The number of hydrogen-bond acceptors (Lipinski definition) is 5. The van der Waals surface area contributed by atoms with Gasteiger partial charge in [-0.3, -0.25) is 10.1 Å². The Labute approximate surface area is 149 Å². The average Bonchev–Trinajstić information content (AvgIpc) is 2.58. The minimum Gasteiger partial charge on any atom is -0.488 e. The molecular formula is C18H12F3NO5. The number of fused-ring (bicyclic) bond motifs is 1. The molecule has 0 aliphatic carbocycles. The quantitative estimate of drug-likeness (QED) is 0.376.